The Balaban J connectivity index is 0.000000980. The zero-order valence-electron chi connectivity index (χ0n) is 7.94. The Kier molecular flexibility index (Phi) is 5.00. The van der Waals surface area contributed by atoms with E-state index >= 15 is 0 Å². The molecule has 0 spiro atoms. The molecular weight excluding hydrogens is 237 g/mol. The second-order valence-corrected chi connectivity index (χ2v) is 2.83. The molecule has 0 aliphatic heterocycles. The van der Waals surface area contributed by atoms with Crippen LogP contribution in [0.3, 0.4) is 0 Å². The predicted octanol–water partition coefficient (Wildman–Crippen LogP) is 2.70. The smallest absolute Gasteiger partial charge is 0.336 e. The van der Waals surface area contributed by atoms with Crippen LogP contribution in [-0.2, 0) is 16.8 Å². The van der Waals surface area contributed by atoms with Gasteiger partial charge < -0.3 is 11.3 Å². The number of fused-ring (bicyclic) bond motifs is 1. The average Bonchev–Trinajstić information content (AvgIpc) is 2.17. The minimum Gasteiger partial charge on any atom is -0.478 e. The molecule has 0 heterocycles. The molecule has 15 heavy (non-hydrogen) atoms. The van der Waals surface area contributed by atoms with Crippen LogP contribution in [0.2, 0.25) is 0 Å². The van der Waals surface area contributed by atoms with Gasteiger partial charge in [0.05, 0.1) is 5.56 Å². The summed E-state index contributed by atoms with van der Waals surface area (Å²) in [5.74, 6) is -0.878. The van der Waals surface area contributed by atoms with Crippen molar-refractivity contribution >= 4 is 16.7 Å². The van der Waals surface area contributed by atoms with Gasteiger partial charge >= 0.3 is 5.97 Å². The Hall–Kier alpha value is -1.36. The third-order valence-corrected chi connectivity index (χ3v) is 2.02. The van der Waals surface area contributed by atoms with Crippen molar-refractivity contribution in [2.45, 2.75) is 0 Å². The van der Waals surface area contributed by atoms with Gasteiger partial charge in [-0.1, -0.05) is 36.4 Å². The maximum Gasteiger partial charge on any atom is 0.336 e. The van der Waals surface area contributed by atoms with Crippen LogP contribution in [0, 0.1) is 0 Å². The molecule has 0 bridgehead atoms. The fourth-order valence-corrected chi connectivity index (χ4v) is 1.41. The molecule has 2 aromatic rings. The summed E-state index contributed by atoms with van der Waals surface area (Å²) in [6.07, 6.45) is 0. The van der Waals surface area contributed by atoms with E-state index in [9.17, 15) is 4.79 Å². The predicted molar refractivity (Wildman–Crippen MR) is 55.9 cm³/mol. The number of hydrogen-bond donors (Lipinski definition) is 2. The Morgan fingerprint density at radius 1 is 1.00 bits per heavy atom. The first-order chi connectivity index (χ1) is 6.29. The van der Waals surface area contributed by atoms with E-state index in [0.717, 1.165) is 10.8 Å². The van der Waals surface area contributed by atoms with Gasteiger partial charge in [0.2, 0.25) is 0 Å². The molecule has 4 N–H and O–H groups in total. The van der Waals surface area contributed by atoms with Crippen LogP contribution in [0.15, 0.2) is 42.5 Å². The molecule has 3 nitrogen and oxygen atoms in total. The zero-order chi connectivity index (χ0) is 9.26. The average molecular weight is 248 g/mol. The van der Waals surface area contributed by atoms with Gasteiger partial charge in [-0.2, -0.15) is 0 Å². The molecule has 1 radical (unpaired) electrons. The van der Waals surface area contributed by atoms with Gasteiger partial charge in [-0.15, -0.1) is 0 Å². The normalized spacial score (nSPS) is 8.80. The second-order valence-electron chi connectivity index (χ2n) is 2.83. The van der Waals surface area contributed by atoms with Gasteiger partial charge in [0.15, 0.2) is 0 Å². The Morgan fingerprint density at radius 3 is 2.27 bits per heavy atom. The second kappa shape index (κ2) is 5.50. The molecule has 0 saturated heterocycles. The number of carbonyl (C=O) groups is 1. The third-order valence-electron chi connectivity index (χ3n) is 2.02. The quantitative estimate of drug-likeness (QED) is 0.814. The van der Waals surface area contributed by atoms with E-state index in [2.05, 4.69) is 0 Å². The first-order valence-corrected chi connectivity index (χ1v) is 4.00. The van der Waals surface area contributed by atoms with E-state index < -0.39 is 5.97 Å². The summed E-state index contributed by atoms with van der Waals surface area (Å²) in [7, 11) is 0. The minimum absolute atomic E-state index is 0. The first kappa shape index (κ1) is 13.6. The third kappa shape index (κ3) is 2.56. The summed E-state index contributed by atoms with van der Waals surface area (Å²) < 4.78 is 0. The van der Waals surface area contributed by atoms with Gasteiger partial charge in [-0.25, -0.2) is 4.79 Å². The summed E-state index contributed by atoms with van der Waals surface area (Å²) in [4.78, 5) is 10.8. The maximum atomic E-state index is 10.8. The Bertz CT molecular complexity index is 466. The molecule has 0 atom stereocenters. The van der Waals surface area contributed by atoms with E-state index in [4.69, 9.17) is 5.11 Å². The summed E-state index contributed by atoms with van der Waals surface area (Å²) >= 11 is 0. The summed E-state index contributed by atoms with van der Waals surface area (Å²) in [5, 5.41) is 10.6. The van der Waals surface area contributed by atoms with Crippen molar-refractivity contribution in [3.8, 4) is 0 Å². The largest absolute Gasteiger partial charge is 0.478 e. The van der Waals surface area contributed by atoms with E-state index in [1.807, 2.05) is 30.3 Å². The van der Waals surface area contributed by atoms with E-state index in [0.29, 0.717) is 5.56 Å². The van der Waals surface area contributed by atoms with Crippen LogP contribution in [0.1, 0.15) is 10.4 Å². The Morgan fingerprint density at radius 2 is 1.60 bits per heavy atom. The van der Waals surface area contributed by atoms with Crippen LogP contribution in [-0.4, -0.2) is 11.1 Å². The number of carboxylic acid groups (broad SMARTS) is 1. The van der Waals surface area contributed by atoms with Crippen LogP contribution in [0.4, 0.5) is 0 Å². The van der Waals surface area contributed by atoms with Gasteiger partial charge in [0, 0.05) is 16.8 Å². The molecule has 0 aliphatic carbocycles. The summed E-state index contributed by atoms with van der Waals surface area (Å²) in [6, 6.07) is 12.7. The topological polar surface area (TPSA) is 72.3 Å². The maximum absolute atomic E-state index is 10.8. The zero-order valence-corrected chi connectivity index (χ0v) is 8.98. The SMILES string of the molecule is N.O=C(O)c1cccc2ccccc12.[Co]. The van der Waals surface area contributed by atoms with Crippen LogP contribution >= 0.6 is 0 Å². The van der Waals surface area contributed by atoms with Gasteiger partial charge in [-0.05, 0) is 16.8 Å². The number of benzene rings is 2. The molecule has 0 amide bonds. The number of carboxylic acids is 1. The molecule has 0 aliphatic rings. The van der Waals surface area contributed by atoms with Crippen molar-refractivity contribution in [2.24, 2.45) is 0 Å². The van der Waals surface area contributed by atoms with Crippen molar-refractivity contribution in [1.82, 2.24) is 6.15 Å². The van der Waals surface area contributed by atoms with Crippen molar-refractivity contribution < 1.29 is 26.7 Å². The van der Waals surface area contributed by atoms with Crippen LogP contribution in [0.5, 0.6) is 0 Å². The number of hydrogen-bond acceptors (Lipinski definition) is 2. The van der Waals surface area contributed by atoms with E-state index in [-0.39, 0.29) is 22.9 Å². The van der Waals surface area contributed by atoms with E-state index in [1.54, 1.807) is 12.1 Å². The molecule has 81 valence electrons. The van der Waals surface area contributed by atoms with Crippen molar-refractivity contribution in [1.29, 1.82) is 0 Å². The molecule has 0 saturated carbocycles. The molecule has 2 aromatic carbocycles. The van der Waals surface area contributed by atoms with Crippen molar-refractivity contribution in [2.75, 3.05) is 0 Å². The molecule has 2 rings (SSSR count). The summed E-state index contributed by atoms with van der Waals surface area (Å²) in [6.45, 7) is 0. The monoisotopic (exact) mass is 248 g/mol. The van der Waals surface area contributed by atoms with Crippen molar-refractivity contribution in [3.05, 3.63) is 48.0 Å². The van der Waals surface area contributed by atoms with Gasteiger partial charge in [0.25, 0.3) is 0 Å². The van der Waals surface area contributed by atoms with E-state index in [1.165, 1.54) is 0 Å². The molecule has 0 aromatic heterocycles. The fraction of sp³-hybridized carbons (Fsp3) is 0. The van der Waals surface area contributed by atoms with Gasteiger partial charge in [-0.3, -0.25) is 0 Å². The molecule has 0 unspecified atom stereocenters. The van der Waals surface area contributed by atoms with Gasteiger partial charge in [0.1, 0.15) is 0 Å². The number of rotatable bonds is 1. The van der Waals surface area contributed by atoms with Crippen LogP contribution < -0.4 is 6.15 Å². The standard InChI is InChI=1S/C11H8O2.Co.H3N/c12-11(13)10-7-3-5-8-4-1-2-6-9(8)10;;/h1-7H,(H,12,13);;1H3. The first-order valence-electron chi connectivity index (χ1n) is 4.00. The minimum atomic E-state index is -0.878. The number of aromatic carboxylic acids is 1. The molecule has 0 fully saturated rings. The molecular formula is C11H11CoNO2. The fourth-order valence-electron chi connectivity index (χ4n) is 1.41. The van der Waals surface area contributed by atoms with Crippen molar-refractivity contribution in [3.63, 3.8) is 0 Å². The molecule has 4 heteroatoms. The van der Waals surface area contributed by atoms with Crippen LogP contribution in [0.25, 0.3) is 10.8 Å². The summed E-state index contributed by atoms with van der Waals surface area (Å²) in [5.41, 5.74) is 0.359. The Labute approximate surface area is 97.9 Å².